The van der Waals surface area contributed by atoms with Crippen molar-refractivity contribution in [3.05, 3.63) is 23.3 Å². The minimum absolute atomic E-state index is 0.121. The van der Waals surface area contributed by atoms with Gasteiger partial charge in [0.05, 0.1) is 12.0 Å². The van der Waals surface area contributed by atoms with Gasteiger partial charge in [-0.15, -0.1) is 0 Å². The lowest BCUT2D eigenvalue weighted by molar-refractivity contribution is 0.111. The van der Waals surface area contributed by atoms with Crippen molar-refractivity contribution >= 4 is 0 Å². The fourth-order valence-electron chi connectivity index (χ4n) is 2.80. The van der Waals surface area contributed by atoms with Crippen LogP contribution >= 0.6 is 0 Å². The lowest BCUT2D eigenvalue weighted by Crippen LogP contribution is -2.40. The van der Waals surface area contributed by atoms with E-state index in [1.165, 1.54) is 31.4 Å². The molecular weight excluding hydrogens is 212 g/mol. The van der Waals surface area contributed by atoms with Crippen molar-refractivity contribution in [2.75, 3.05) is 6.61 Å². The predicted molar refractivity (Wildman–Crippen MR) is 66.0 cm³/mol. The minimum Gasteiger partial charge on any atom is -0.395 e. The molecule has 0 aromatic carbocycles. The van der Waals surface area contributed by atoms with Gasteiger partial charge in [0.1, 0.15) is 5.82 Å². The van der Waals surface area contributed by atoms with Crippen LogP contribution in [0, 0.1) is 6.92 Å². The molecule has 0 spiro atoms. The summed E-state index contributed by atoms with van der Waals surface area (Å²) in [6.45, 7) is 2.23. The lowest BCUT2D eigenvalue weighted by atomic mass is 9.68. The quantitative estimate of drug-likeness (QED) is 0.870. The number of aliphatic hydroxyl groups is 1. The molecule has 3 heteroatoms. The molecule has 17 heavy (non-hydrogen) atoms. The molecule has 1 aromatic rings. The first-order chi connectivity index (χ1) is 8.23. The number of aryl methyl sites for hydroxylation is 1. The maximum Gasteiger partial charge on any atom is 0.137 e. The van der Waals surface area contributed by atoms with Crippen LogP contribution in [-0.2, 0) is 5.41 Å². The number of rotatable bonds is 3. The molecule has 2 fully saturated rings. The third-order valence-corrected chi connectivity index (χ3v) is 4.49. The highest BCUT2D eigenvalue weighted by Crippen LogP contribution is 2.43. The van der Waals surface area contributed by atoms with Gasteiger partial charge in [-0.1, -0.05) is 12.8 Å². The molecule has 0 atom stereocenters. The summed E-state index contributed by atoms with van der Waals surface area (Å²) in [5.41, 5.74) is 2.14. The van der Waals surface area contributed by atoms with Crippen LogP contribution in [0.2, 0.25) is 0 Å². The molecule has 0 bridgehead atoms. The van der Waals surface area contributed by atoms with Gasteiger partial charge in [0, 0.05) is 17.3 Å². The van der Waals surface area contributed by atoms with E-state index in [0.717, 1.165) is 24.4 Å². The highest BCUT2D eigenvalue weighted by Gasteiger charge is 2.41. The molecule has 2 aliphatic carbocycles. The zero-order chi connectivity index (χ0) is 11.9. The smallest absolute Gasteiger partial charge is 0.137 e. The van der Waals surface area contributed by atoms with Crippen LogP contribution in [0.1, 0.15) is 61.7 Å². The Morgan fingerprint density at radius 3 is 2.53 bits per heavy atom. The van der Waals surface area contributed by atoms with Crippen LogP contribution in [0.4, 0.5) is 0 Å². The highest BCUT2D eigenvalue weighted by atomic mass is 16.3. The van der Waals surface area contributed by atoms with E-state index in [1.807, 2.05) is 6.92 Å². The van der Waals surface area contributed by atoms with Gasteiger partial charge in [0.25, 0.3) is 0 Å². The lowest BCUT2D eigenvalue weighted by Gasteiger charge is -2.39. The highest BCUT2D eigenvalue weighted by molar-refractivity contribution is 5.22. The Labute approximate surface area is 102 Å². The number of hydrogen-bond acceptors (Lipinski definition) is 3. The molecule has 1 N–H and O–H groups in total. The summed E-state index contributed by atoms with van der Waals surface area (Å²) in [5.74, 6) is 1.54. The van der Waals surface area contributed by atoms with Gasteiger partial charge >= 0.3 is 0 Å². The van der Waals surface area contributed by atoms with E-state index in [1.54, 1.807) is 0 Å². The first-order valence-corrected chi connectivity index (χ1v) is 6.70. The van der Waals surface area contributed by atoms with Crippen molar-refractivity contribution in [3.8, 4) is 0 Å². The van der Waals surface area contributed by atoms with Gasteiger partial charge in [-0.25, -0.2) is 9.97 Å². The molecule has 0 aliphatic heterocycles. The van der Waals surface area contributed by atoms with Crippen LogP contribution in [0.3, 0.4) is 0 Å². The van der Waals surface area contributed by atoms with Gasteiger partial charge in [-0.05, 0) is 38.7 Å². The third-order valence-electron chi connectivity index (χ3n) is 4.49. The second kappa shape index (κ2) is 4.05. The standard InChI is InChI=1S/C14H20N2O/c1-10-8-12(11-4-2-5-11)16-13(15-10)14(9-17)6-3-7-14/h8,11,17H,2-7,9H2,1H3. The summed E-state index contributed by atoms with van der Waals surface area (Å²) in [5, 5.41) is 9.60. The SMILES string of the molecule is Cc1cc(C2CCC2)nc(C2(CO)CCC2)n1. The van der Waals surface area contributed by atoms with Crippen LogP contribution in [0.25, 0.3) is 0 Å². The van der Waals surface area contributed by atoms with E-state index in [-0.39, 0.29) is 12.0 Å². The van der Waals surface area contributed by atoms with E-state index >= 15 is 0 Å². The minimum atomic E-state index is -0.121. The Bertz CT molecular complexity index is 417. The Kier molecular flexibility index (Phi) is 2.66. The Hall–Kier alpha value is -0.960. The van der Waals surface area contributed by atoms with Crippen LogP contribution in [-0.4, -0.2) is 21.7 Å². The molecule has 2 aliphatic rings. The molecule has 0 amide bonds. The molecule has 3 nitrogen and oxygen atoms in total. The van der Waals surface area contributed by atoms with Crippen LogP contribution in [0.5, 0.6) is 0 Å². The van der Waals surface area contributed by atoms with Crippen molar-refractivity contribution < 1.29 is 5.11 Å². The summed E-state index contributed by atoms with van der Waals surface area (Å²) < 4.78 is 0. The van der Waals surface area contributed by atoms with E-state index in [4.69, 9.17) is 4.98 Å². The molecular formula is C14H20N2O. The predicted octanol–water partition coefficient (Wildman–Crippen LogP) is 2.47. The number of hydrogen-bond donors (Lipinski definition) is 1. The monoisotopic (exact) mass is 232 g/mol. The molecule has 0 unspecified atom stereocenters. The molecule has 0 saturated heterocycles. The van der Waals surface area contributed by atoms with E-state index < -0.39 is 0 Å². The van der Waals surface area contributed by atoms with E-state index in [2.05, 4.69) is 11.1 Å². The van der Waals surface area contributed by atoms with Crippen molar-refractivity contribution in [1.29, 1.82) is 0 Å². The van der Waals surface area contributed by atoms with Gasteiger partial charge < -0.3 is 5.11 Å². The molecule has 3 rings (SSSR count). The van der Waals surface area contributed by atoms with Crippen LogP contribution in [0.15, 0.2) is 6.07 Å². The zero-order valence-electron chi connectivity index (χ0n) is 10.4. The summed E-state index contributed by atoms with van der Waals surface area (Å²) in [6.07, 6.45) is 7.13. The number of aliphatic hydroxyl groups excluding tert-OH is 1. The normalized spacial score (nSPS) is 22.9. The van der Waals surface area contributed by atoms with Gasteiger partial charge in [-0.2, -0.15) is 0 Å². The Morgan fingerprint density at radius 2 is 2.06 bits per heavy atom. The maximum atomic E-state index is 9.60. The molecule has 92 valence electrons. The molecule has 1 heterocycles. The topological polar surface area (TPSA) is 46.0 Å². The van der Waals surface area contributed by atoms with Crippen molar-refractivity contribution in [2.45, 2.75) is 56.8 Å². The summed E-state index contributed by atoms with van der Waals surface area (Å²) in [4.78, 5) is 9.32. The average Bonchev–Trinajstić information content (AvgIpc) is 2.13. The first-order valence-electron chi connectivity index (χ1n) is 6.70. The first kappa shape index (κ1) is 11.1. The molecule has 1 aromatic heterocycles. The van der Waals surface area contributed by atoms with Gasteiger partial charge in [0.2, 0.25) is 0 Å². The summed E-state index contributed by atoms with van der Waals surface area (Å²) >= 11 is 0. The maximum absolute atomic E-state index is 9.60. The average molecular weight is 232 g/mol. The van der Waals surface area contributed by atoms with E-state index in [0.29, 0.717) is 5.92 Å². The zero-order valence-corrected chi connectivity index (χ0v) is 10.4. The molecule has 2 saturated carbocycles. The fourth-order valence-corrected chi connectivity index (χ4v) is 2.80. The molecule has 0 radical (unpaired) electrons. The Balaban J connectivity index is 1.95. The summed E-state index contributed by atoms with van der Waals surface area (Å²) in [7, 11) is 0. The van der Waals surface area contributed by atoms with E-state index in [9.17, 15) is 5.11 Å². The van der Waals surface area contributed by atoms with Crippen molar-refractivity contribution in [3.63, 3.8) is 0 Å². The second-order valence-electron chi connectivity index (χ2n) is 5.68. The Morgan fingerprint density at radius 1 is 1.29 bits per heavy atom. The van der Waals surface area contributed by atoms with Gasteiger partial charge in [-0.3, -0.25) is 0 Å². The fraction of sp³-hybridized carbons (Fsp3) is 0.714. The van der Waals surface area contributed by atoms with Crippen molar-refractivity contribution in [2.24, 2.45) is 0 Å². The van der Waals surface area contributed by atoms with Crippen LogP contribution < -0.4 is 0 Å². The second-order valence-corrected chi connectivity index (χ2v) is 5.68. The summed E-state index contributed by atoms with van der Waals surface area (Å²) in [6, 6.07) is 2.12. The number of nitrogens with zero attached hydrogens (tertiary/aromatic N) is 2. The number of aromatic nitrogens is 2. The third kappa shape index (κ3) is 1.77. The van der Waals surface area contributed by atoms with Gasteiger partial charge in [0.15, 0.2) is 0 Å². The largest absolute Gasteiger partial charge is 0.395 e. The van der Waals surface area contributed by atoms with Crippen molar-refractivity contribution in [1.82, 2.24) is 9.97 Å².